The van der Waals surface area contributed by atoms with E-state index in [-0.39, 0.29) is 27.9 Å². The van der Waals surface area contributed by atoms with Crippen molar-refractivity contribution in [3.63, 3.8) is 0 Å². The van der Waals surface area contributed by atoms with E-state index in [0.29, 0.717) is 22.7 Å². The maximum Gasteiger partial charge on any atom is 0.313 e. The molecule has 164 valence electrons. The summed E-state index contributed by atoms with van der Waals surface area (Å²) in [6.07, 6.45) is 0. The van der Waals surface area contributed by atoms with Crippen LogP contribution in [0.1, 0.15) is 10.4 Å². The number of anilines is 1. The number of carbonyl (C=O) groups is 1. The number of H-pyrrole nitrogens is 1. The van der Waals surface area contributed by atoms with Crippen LogP contribution in [0.15, 0.2) is 83.7 Å². The number of halogens is 1. The lowest BCUT2D eigenvalue weighted by molar-refractivity contribution is -0.385. The van der Waals surface area contributed by atoms with Crippen molar-refractivity contribution in [2.45, 2.75) is 0 Å². The Labute approximate surface area is 191 Å². The predicted octanol–water partition coefficient (Wildman–Crippen LogP) is 5.04. The lowest BCUT2D eigenvalue weighted by Crippen LogP contribution is -2.11. The fourth-order valence-electron chi connectivity index (χ4n) is 2.99. The summed E-state index contributed by atoms with van der Waals surface area (Å²) in [6.45, 7) is 0. The van der Waals surface area contributed by atoms with Crippen LogP contribution in [0.25, 0.3) is 11.3 Å². The first-order valence-corrected chi connectivity index (χ1v) is 9.96. The third-order valence-electron chi connectivity index (χ3n) is 4.56. The van der Waals surface area contributed by atoms with Crippen molar-refractivity contribution in [3.8, 4) is 22.8 Å². The minimum atomic E-state index is -0.584. The lowest BCUT2D eigenvalue weighted by Gasteiger charge is -2.09. The van der Waals surface area contributed by atoms with Gasteiger partial charge in [0.05, 0.1) is 10.6 Å². The molecule has 33 heavy (non-hydrogen) atoms. The van der Waals surface area contributed by atoms with Gasteiger partial charge in [-0.05, 0) is 54.6 Å². The summed E-state index contributed by atoms with van der Waals surface area (Å²) in [7, 11) is 0. The third kappa shape index (κ3) is 5.23. The van der Waals surface area contributed by atoms with Crippen molar-refractivity contribution in [1.29, 1.82) is 0 Å². The average molecular weight is 463 g/mol. The Balaban J connectivity index is 1.47. The number of carbonyl (C=O) groups excluding carboxylic acids is 1. The van der Waals surface area contributed by atoms with Crippen LogP contribution in [-0.4, -0.2) is 21.0 Å². The normalized spacial score (nSPS) is 10.5. The number of ether oxygens (including phenoxy) is 1. The number of nitro benzene ring substituents is 1. The number of rotatable bonds is 6. The molecule has 1 aromatic heterocycles. The number of aromatic amines is 1. The van der Waals surface area contributed by atoms with E-state index in [4.69, 9.17) is 16.3 Å². The molecule has 1 heterocycles. The second-order valence-electron chi connectivity index (χ2n) is 6.84. The molecule has 2 N–H and O–H groups in total. The number of benzene rings is 3. The summed E-state index contributed by atoms with van der Waals surface area (Å²) in [6, 6.07) is 20.2. The van der Waals surface area contributed by atoms with Gasteiger partial charge < -0.3 is 10.1 Å². The van der Waals surface area contributed by atoms with Gasteiger partial charge in [-0.3, -0.25) is 19.7 Å². The second kappa shape index (κ2) is 9.33. The van der Waals surface area contributed by atoms with Crippen LogP contribution in [-0.2, 0) is 0 Å². The molecule has 1 amide bonds. The first-order valence-electron chi connectivity index (χ1n) is 9.58. The molecule has 0 saturated carbocycles. The molecular formula is C23H15ClN4O5. The summed E-state index contributed by atoms with van der Waals surface area (Å²) < 4.78 is 5.59. The Kier molecular flexibility index (Phi) is 6.14. The topological polar surface area (TPSA) is 127 Å². The van der Waals surface area contributed by atoms with Crippen LogP contribution in [0.4, 0.5) is 11.4 Å². The summed E-state index contributed by atoms with van der Waals surface area (Å²) in [5.74, 6) is 0.00278. The number of aromatic nitrogens is 2. The first kappa shape index (κ1) is 21.7. The zero-order valence-corrected chi connectivity index (χ0v) is 17.6. The van der Waals surface area contributed by atoms with E-state index < -0.39 is 4.92 Å². The smallest absolute Gasteiger partial charge is 0.313 e. The number of nitrogens with one attached hydrogen (secondary N) is 2. The molecule has 0 bridgehead atoms. The molecule has 0 fully saturated rings. The highest BCUT2D eigenvalue weighted by Gasteiger charge is 2.17. The molecular weight excluding hydrogens is 448 g/mol. The van der Waals surface area contributed by atoms with Crippen LogP contribution < -0.4 is 15.6 Å². The van der Waals surface area contributed by atoms with Crippen molar-refractivity contribution in [1.82, 2.24) is 10.2 Å². The van der Waals surface area contributed by atoms with Gasteiger partial charge in [-0.1, -0.05) is 23.7 Å². The van der Waals surface area contributed by atoms with Crippen LogP contribution in [0.3, 0.4) is 0 Å². The molecule has 3 aromatic carbocycles. The van der Waals surface area contributed by atoms with Crippen LogP contribution in [0, 0.1) is 10.1 Å². The van der Waals surface area contributed by atoms with Gasteiger partial charge in [-0.15, -0.1) is 0 Å². The molecule has 0 unspecified atom stereocenters. The van der Waals surface area contributed by atoms with Crippen molar-refractivity contribution >= 4 is 28.9 Å². The maximum atomic E-state index is 12.6. The van der Waals surface area contributed by atoms with Gasteiger partial charge in [-0.2, -0.15) is 5.10 Å². The van der Waals surface area contributed by atoms with Gasteiger partial charge in [0.2, 0.25) is 5.75 Å². The average Bonchev–Trinajstić information content (AvgIpc) is 2.81. The largest absolute Gasteiger partial charge is 0.450 e. The van der Waals surface area contributed by atoms with Crippen LogP contribution in [0.2, 0.25) is 5.02 Å². The minimum absolute atomic E-state index is 0.0364. The van der Waals surface area contributed by atoms with Crippen molar-refractivity contribution in [3.05, 3.63) is 110 Å². The Bertz CT molecular complexity index is 1380. The van der Waals surface area contributed by atoms with E-state index in [1.807, 2.05) is 0 Å². The van der Waals surface area contributed by atoms with Gasteiger partial charge in [0, 0.05) is 34.0 Å². The number of hydrogen-bond donors (Lipinski definition) is 2. The molecule has 0 saturated heterocycles. The van der Waals surface area contributed by atoms with Gasteiger partial charge >= 0.3 is 5.69 Å². The zero-order valence-electron chi connectivity index (χ0n) is 16.8. The fourth-order valence-corrected chi connectivity index (χ4v) is 3.15. The first-order chi connectivity index (χ1) is 15.9. The number of nitro groups is 1. The molecule has 0 aliphatic heterocycles. The lowest BCUT2D eigenvalue weighted by atomic mass is 10.1. The number of nitrogens with zero attached hydrogens (tertiary/aromatic N) is 2. The SMILES string of the molecule is O=C(Nc1cccc(-c2ccc(=O)[nH]n2)c1)c1ccc(Oc2ccc(Cl)cc2[N+](=O)[O-])cc1. The molecule has 9 nitrogen and oxygen atoms in total. The van der Waals surface area contributed by atoms with Gasteiger partial charge in [0.15, 0.2) is 0 Å². The quantitative estimate of drug-likeness (QED) is 0.305. The highest BCUT2D eigenvalue weighted by Crippen LogP contribution is 2.33. The standard InChI is InChI=1S/C23H15ClN4O5/c24-16-6-10-21(20(13-16)28(31)32)33-18-7-4-14(5-8-18)23(30)25-17-3-1-2-15(12-17)19-9-11-22(29)27-26-19/h1-13H,(H,25,30)(H,27,29). The Hall–Kier alpha value is -4.50. The Morgan fingerprint density at radius 3 is 2.52 bits per heavy atom. The third-order valence-corrected chi connectivity index (χ3v) is 4.79. The monoisotopic (exact) mass is 462 g/mol. The molecule has 0 aliphatic rings. The van der Waals surface area contributed by atoms with Gasteiger partial charge in [0.1, 0.15) is 5.75 Å². The Morgan fingerprint density at radius 1 is 1.03 bits per heavy atom. The fraction of sp³-hybridized carbons (Fsp3) is 0. The molecule has 0 atom stereocenters. The predicted molar refractivity (Wildman–Crippen MR) is 123 cm³/mol. The highest BCUT2D eigenvalue weighted by atomic mass is 35.5. The van der Waals surface area contributed by atoms with Gasteiger partial charge in [0.25, 0.3) is 11.5 Å². The summed E-state index contributed by atoms with van der Waals surface area (Å²) in [5.41, 5.74) is 1.62. The van der Waals surface area contributed by atoms with Crippen LogP contribution in [0.5, 0.6) is 11.5 Å². The van der Waals surface area contributed by atoms with Crippen molar-refractivity contribution < 1.29 is 14.5 Å². The van der Waals surface area contributed by atoms with Crippen molar-refractivity contribution in [2.75, 3.05) is 5.32 Å². The molecule has 0 radical (unpaired) electrons. The maximum absolute atomic E-state index is 12.6. The molecule has 4 aromatic rings. The molecule has 4 rings (SSSR count). The molecule has 0 spiro atoms. The van der Waals surface area contributed by atoms with E-state index in [0.717, 1.165) is 5.56 Å². The number of amides is 1. The van der Waals surface area contributed by atoms with Gasteiger partial charge in [-0.25, -0.2) is 5.10 Å². The number of hydrogen-bond acceptors (Lipinski definition) is 6. The summed E-state index contributed by atoms with van der Waals surface area (Å²) in [5, 5.41) is 20.6. The van der Waals surface area contributed by atoms with Crippen molar-refractivity contribution in [2.24, 2.45) is 0 Å². The Morgan fingerprint density at radius 2 is 1.82 bits per heavy atom. The second-order valence-corrected chi connectivity index (χ2v) is 7.27. The van der Waals surface area contributed by atoms with E-state index in [1.165, 1.54) is 36.4 Å². The van der Waals surface area contributed by atoms with Crippen LogP contribution >= 0.6 is 11.6 Å². The van der Waals surface area contributed by atoms with E-state index in [2.05, 4.69) is 15.5 Å². The highest BCUT2D eigenvalue weighted by molar-refractivity contribution is 6.30. The van der Waals surface area contributed by atoms with E-state index in [9.17, 15) is 19.7 Å². The summed E-state index contributed by atoms with van der Waals surface area (Å²) >= 11 is 5.81. The van der Waals surface area contributed by atoms with E-state index >= 15 is 0 Å². The zero-order chi connectivity index (χ0) is 23.4. The summed E-state index contributed by atoms with van der Waals surface area (Å²) in [4.78, 5) is 34.4. The molecule has 0 aliphatic carbocycles. The van der Waals surface area contributed by atoms with E-state index in [1.54, 1.807) is 42.5 Å². The molecule has 10 heteroatoms. The minimum Gasteiger partial charge on any atom is -0.450 e.